The quantitative estimate of drug-likeness (QED) is 0.521. The van der Waals surface area contributed by atoms with Gasteiger partial charge in [0.15, 0.2) is 0 Å². The summed E-state index contributed by atoms with van der Waals surface area (Å²) in [7, 11) is 0.814. The van der Waals surface area contributed by atoms with Crippen molar-refractivity contribution in [2.45, 2.75) is 92.7 Å². The van der Waals surface area contributed by atoms with Gasteiger partial charge in [0.2, 0.25) is 0 Å². The fourth-order valence-electron chi connectivity index (χ4n) is 4.58. The van der Waals surface area contributed by atoms with E-state index in [1.54, 1.807) is 5.19 Å². The summed E-state index contributed by atoms with van der Waals surface area (Å²) in [5.41, 5.74) is 7.48. The van der Waals surface area contributed by atoms with Gasteiger partial charge in [0.1, 0.15) is 5.75 Å². The molecule has 0 fully saturated rings. The Hall–Kier alpha value is -1.28. The highest BCUT2D eigenvalue weighted by atomic mass is 28.3. The first-order valence-corrected chi connectivity index (χ1v) is 13.6. The van der Waals surface area contributed by atoms with Crippen LogP contribution in [0.3, 0.4) is 0 Å². The van der Waals surface area contributed by atoms with E-state index in [1.165, 1.54) is 27.8 Å². The Morgan fingerprint density at radius 1 is 0.857 bits per heavy atom. The monoisotopic (exact) mass is 398 g/mol. The lowest BCUT2D eigenvalue weighted by Gasteiger charge is -2.37. The number of ether oxygens (including phenoxy) is 1. The van der Waals surface area contributed by atoms with Crippen molar-refractivity contribution in [2.75, 3.05) is 7.11 Å². The van der Waals surface area contributed by atoms with E-state index in [0.29, 0.717) is 0 Å². The second kappa shape index (κ2) is 7.52. The summed E-state index contributed by atoms with van der Waals surface area (Å²) in [5.74, 6) is 1.12. The highest BCUT2D eigenvalue weighted by Crippen LogP contribution is 2.47. The smallest absolute Gasteiger partial charge is 0.126 e. The number of benzene rings is 1. The molecule has 28 heavy (non-hydrogen) atoms. The van der Waals surface area contributed by atoms with Crippen LogP contribution in [0.5, 0.6) is 5.75 Å². The molecule has 1 nitrogen and oxygen atoms in total. The van der Waals surface area contributed by atoms with Crippen molar-refractivity contribution in [1.29, 1.82) is 0 Å². The maximum atomic E-state index is 6.17. The zero-order chi connectivity index (χ0) is 21.7. The van der Waals surface area contributed by atoms with Crippen molar-refractivity contribution in [1.82, 2.24) is 0 Å². The second-order valence-corrected chi connectivity index (χ2v) is 14.3. The molecule has 0 amide bonds. The molecule has 0 aromatic heterocycles. The molecule has 0 saturated heterocycles. The zero-order valence-electron chi connectivity index (χ0n) is 20.4. The topological polar surface area (TPSA) is 9.23 Å². The van der Waals surface area contributed by atoms with Gasteiger partial charge < -0.3 is 4.74 Å². The maximum absolute atomic E-state index is 6.17. The summed E-state index contributed by atoms with van der Waals surface area (Å²) in [5, 5.41) is 1.58. The van der Waals surface area contributed by atoms with Gasteiger partial charge in [-0.25, -0.2) is 0 Å². The van der Waals surface area contributed by atoms with E-state index in [2.05, 4.69) is 93.6 Å². The molecule has 0 spiro atoms. The Kier molecular flexibility index (Phi) is 6.17. The first-order chi connectivity index (χ1) is 12.6. The third kappa shape index (κ3) is 4.17. The second-order valence-electron chi connectivity index (χ2n) is 11.4. The van der Waals surface area contributed by atoms with Gasteiger partial charge >= 0.3 is 0 Å². The highest BCUT2D eigenvalue weighted by molar-refractivity contribution is 6.71. The van der Waals surface area contributed by atoms with Crippen molar-refractivity contribution < 1.29 is 4.74 Å². The van der Waals surface area contributed by atoms with E-state index < -0.39 is 8.80 Å². The molecule has 1 aromatic carbocycles. The molecule has 0 heterocycles. The van der Waals surface area contributed by atoms with Crippen LogP contribution < -0.4 is 9.92 Å². The maximum Gasteiger partial charge on any atom is 0.126 e. The largest absolute Gasteiger partial charge is 0.496 e. The molecule has 1 aliphatic carbocycles. The van der Waals surface area contributed by atoms with Gasteiger partial charge in [-0.1, -0.05) is 109 Å². The fraction of sp³-hybridized carbons (Fsp3) is 0.615. The Balaban J connectivity index is 2.74. The molecule has 0 atom stereocenters. The van der Waals surface area contributed by atoms with Crippen molar-refractivity contribution >= 4 is 14.0 Å². The van der Waals surface area contributed by atoms with E-state index in [9.17, 15) is 0 Å². The molecule has 156 valence electrons. The Morgan fingerprint density at radius 2 is 1.39 bits per heavy atom. The summed E-state index contributed by atoms with van der Waals surface area (Å²) in [6, 6.07) is 2.39. The van der Waals surface area contributed by atoms with E-state index in [0.717, 1.165) is 12.2 Å². The molecule has 0 aliphatic heterocycles. The minimum Gasteiger partial charge on any atom is -0.496 e. The molecule has 0 saturated carbocycles. The molecule has 0 radical (unpaired) electrons. The summed E-state index contributed by atoms with van der Waals surface area (Å²) in [6.45, 7) is 25.8. The number of hydrogen-bond donors (Lipinski definition) is 0. The average Bonchev–Trinajstić information content (AvgIpc) is 3.03. The van der Waals surface area contributed by atoms with E-state index in [-0.39, 0.29) is 16.2 Å². The number of allylic oxidation sites excluding steroid dienone is 4. The summed E-state index contributed by atoms with van der Waals surface area (Å²) in [4.78, 5) is 0. The standard InChI is InChI=1S/C26H42OSi/c1-17-15-20(25(5,6)7)22(27-10)21(23(17)28(11)12)26(8,9)19-14-13-18(16-19)24(2,3)4/h13-15,28H,16H2,1-12H3. The van der Waals surface area contributed by atoms with Crippen LogP contribution in [-0.4, -0.2) is 15.9 Å². The third-order valence-corrected chi connectivity index (χ3v) is 8.27. The lowest BCUT2D eigenvalue weighted by atomic mass is 9.71. The van der Waals surface area contributed by atoms with Gasteiger partial charge in [-0.05, 0) is 24.2 Å². The van der Waals surface area contributed by atoms with Gasteiger partial charge in [-0.15, -0.1) is 0 Å². The van der Waals surface area contributed by atoms with Crippen LogP contribution in [0.4, 0.5) is 0 Å². The SMILES string of the molecule is COc1c(C(C)(C)C)cc(C)c([SiH](C)C)c1C(C)(C)C1=CC=C(C(C)(C)C)C1. The predicted molar refractivity (Wildman–Crippen MR) is 128 cm³/mol. The van der Waals surface area contributed by atoms with Crippen molar-refractivity contribution in [3.63, 3.8) is 0 Å². The minimum atomic E-state index is -1.04. The number of aryl methyl sites for hydroxylation is 1. The molecule has 0 N–H and O–H groups in total. The lowest BCUT2D eigenvalue weighted by molar-refractivity contribution is 0.383. The van der Waals surface area contributed by atoms with Crippen LogP contribution in [0.15, 0.2) is 29.4 Å². The molecule has 0 unspecified atom stereocenters. The van der Waals surface area contributed by atoms with Crippen LogP contribution in [0, 0.1) is 12.3 Å². The molecule has 2 rings (SSSR count). The van der Waals surface area contributed by atoms with E-state index >= 15 is 0 Å². The fourth-order valence-corrected chi connectivity index (χ4v) is 6.64. The minimum absolute atomic E-state index is 0.0481. The Labute approximate surface area is 175 Å². The summed E-state index contributed by atoms with van der Waals surface area (Å²) < 4.78 is 6.17. The van der Waals surface area contributed by atoms with Crippen molar-refractivity contribution in [3.05, 3.63) is 46.1 Å². The third-order valence-electron chi connectivity index (χ3n) is 6.37. The normalized spacial score (nSPS) is 15.8. The lowest BCUT2D eigenvalue weighted by Crippen LogP contribution is -2.38. The molecule has 0 bridgehead atoms. The molecule has 1 aromatic rings. The number of methoxy groups -OCH3 is 1. The first kappa shape index (κ1) is 23.0. The van der Waals surface area contributed by atoms with Crippen LogP contribution in [0.1, 0.15) is 78.5 Å². The Bertz CT molecular complexity index is 808. The molecular weight excluding hydrogens is 356 g/mol. The first-order valence-electron chi connectivity index (χ1n) is 10.8. The number of rotatable bonds is 4. The zero-order valence-corrected chi connectivity index (χ0v) is 21.6. The Morgan fingerprint density at radius 3 is 1.79 bits per heavy atom. The van der Waals surface area contributed by atoms with Crippen LogP contribution in [-0.2, 0) is 10.8 Å². The summed E-state index contributed by atoms with van der Waals surface area (Å²) in [6.07, 6.45) is 5.80. The van der Waals surface area contributed by atoms with Gasteiger partial charge in [0, 0.05) is 16.5 Å². The van der Waals surface area contributed by atoms with Crippen LogP contribution in [0.25, 0.3) is 0 Å². The van der Waals surface area contributed by atoms with Gasteiger partial charge in [-0.2, -0.15) is 0 Å². The van der Waals surface area contributed by atoms with E-state index in [4.69, 9.17) is 4.74 Å². The molecule has 2 heteroatoms. The van der Waals surface area contributed by atoms with Crippen LogP contribution >= 0.6 is 0 Å². The highest BCUT2D eigenvalue weighted by Gasteiger charge is 2.38. The molecule has 1 aliphatic rings. The van der Waals surface area contributed by atoms with Gasteiger partial charge in [-0.3, -0.25) is 0 Å². The predicted octanol–water partition coefficient (Wildman–Crippen LogP) is 6.58. The van der Waals surface area contributed by atoms with Crippen LogP contribution in [0.2, 0.25) is 13.1 Å². The van der Waals surface area contributed by atoms with Gasteiger partial charge in [0.25, 0.3) is 0 Å². The van der Waals surface area contributed by atoms with Crippen molar-refractivity contribution in [2.24, 2.45) is 5.41 Å². The average molecular weight is 399 g/mol. The van der Waals surface area contributed by atoms with Gasteiger partial charge in [0.05, 0.1) is 15.9 Å². The van der Waals surface area contributed by atoms with Crippen molar-refractivity contribution in [3.8, 4) is 5.75 Å². The van der Waals surface area contributed by atoms with E-state index in [1.807, 2.05) is 7.11 Å². The number of hydrogen-bond acceptors (Lipinski definition) is 1. The molecular formula is C26H42OSi. The summed E-state index contributed by atoms with van der Waals surface area (Å²) >= 11 is 0.